The smallest absolute Gasteiger partial charge is 0.243 e. The number of para-hydroxylation sites is 1. The maximum absolute atomic E-state index is 12.8. The Morgan fingerprint density at radius 1 is 0.879 bits per heavy atom. The lowest BCUT2D eigenvalue weighted by molar-refractivity contribution is 0.0730. The summed E-state index contributed by atoms with van der Waals surface area (Å²) in [6.45, 7) is 2.41. The van der Waals surface area contributed by atoms with E-state index in [2.05, 4.69) is 40.0 Å². The fourth-order valence-corrected chi connectivity index (χ4v) is 5.48. The molecule has 33 heavy (non-hydrogen) atoms. The molecular formula is C26H25N3O3S. The van der Waals surface area contributed by atoms with Crippen LogP contribution in [0, 0.1) is 0 Å². The molecule has 168 valence electrons. The van der Waals surface area contributed by atoms with Crippen LogP contribution in [0.25, 0.3) is 10.9 Å². The molecule has 0 unspecified atom stereocenters. The van der Waals surface area contributed by atoms with Crippen LogP contribution in [-0.4, -0.2) is 49.8 Å². The van der Waals surface area contributed by atoms with Crippen LogP contribution in [0.1, 0.15) is 11.1 Å². The molecule has 1 aliphatic rings. The average molecular weight is 460 g/mol. The van der Waals surface area contributed by atoms with Crippen LogP contribution in [0.4, 0.5) is 5.69 Å². The first kappa shape index (κ1) is 21.6. The zero-order valence-electron chi connectivity index (χ0n) is 18.2. The number of fused-ring (bicyclic) bond motifs is 1. The second-order valence-electron chi connectivity index (χ2n) is 7.98. The van der Waals surface area contributed by atoms with Crippen molar-refractivity contribution in [3.63, 3.8) is 0 Å². The lowest BCUT2D eigenvalue weighted by Gasteiger charge is -2.26. The lowest BCUT2D eigenvalue weighted by Crippen LogP contribution is -2.40. The van der Waals surface area contributed by atoms with Gasteiger partial charge in [0.25, 0.3) is 0 Å². The molecule has 0 atom stereocenters. The molecule has 1 aliphatic heterocycles. The van der Waals surface area contributed by atoms with Crippen LogP contribution >= 0.6 is 0 Å². The van der Waals surface area contributed by atoms with E-state index < -0.39 is 10.0 Å². The quantitative estimate of drug-likeness (QED) is 0.400. The number of benzene rings is 3. The van der Waals surface area contributed by atoms with Crippen LogP contribution in [0.5, 0.6) is 0 Å². The number of hydrogen-bond acceptors (Lipinski definition) is 4. The fraction of sp³-hybridized carbons (Fsp3) is 0.192. The van der Waals surface area contributed by atoms with E-state index in [1.807, 2.05) is 36.5 Å². The van der Waals surface area contributed by atoms with Gasteiger partial charge in [-0.2, -0.15) is 4.31 Å². The lowest BCUT2D eigenvalue weighted by atomic mass is 10.2. The van der Waals surface area contributed by atoms with Crippen molar-refractivity contribution in [2.24, 2.45) is 4.99 Å². The molecule has 7 heteroatoms. The fourth-order valence-electron chi connectivity index (χ4n) is 4.07. The highest BCUT2D eigenvalue weighted by Crippen LogP contribution is 2.24. The molecule has 0 bridgehead atoms. The van der Waals surface area contributed by atoms with Gasteiger partial charge in [-0.1, -0.05) is 48.5 Å². The summed E-state index contributed by atoms with van der Waals surface area (Å²) < 4.78 is 34.6. The van der Waals surface area contributed by atoms with Gasteiger partial charge in [-0.25, -0.2) is 8.42 Å². The van der Waals surface area contributed by atoms with E-state index in [0.29, 0.717) is 32.0 Å². The molecule has 0 radical (unpaired) electrons. The third kappa shape index (κ3) is 4.61. The van der Waals surface area contributed by atoms with Crippen molar-refractivity contribution in [2.45, 2.75) is 11.4 Å². The first-order valence-electron chi connectivity index (χ1n) is 10.9. The van der Waals surface area contributed by atoms with Crippen molar-refractivity contribution < 1.29 is 13.2 Å². The minimum atomic E-state index is -3.50. The highest BCUT2D eigenvalue weighted by atomic mass is 32.2. The Morgan fingerprint density at radius 2 is 1.58 bits per heavy atom. The average Bonchev–Trinajstić information content (AvgIpc) is 3.21. The Hall–Kier alpha value is -3.26. The summed E-state index contributed by atoms with van der Waals surface area (Å²) in [5.74, 6) is 0. The van der Waals surface area contributed by atoms with Gasteiger partial charge in [-0.05, 0) is 35.9 Å². The second kappa shape index (κ2) is 9.31. The molecule has 6 nitrogen and oxygen atoms in total. The number of hydrogen-bond donors (Lipinski definition) is 0. The van der Waals surface area contributed by atoms with E-state index in [1.54, 1.807) is 24.3 Å². The molecule has 1 fully saturated rings. The third-order valence-corrected chi connectivity index (χ3v) is 7.73. The second-order valence-corrected chi connectivity index (χ2v) is 9.92. The number of nitrogens with zero attached hydrogens (tertiary/aromatic N) is 3. The highest BCUT2D eigenvalue weighted by Gasteiger charge is 2.26. The zero-order valence-corrected chi connectivity index (χ0v) is 19.0. The minimum Gasteiger partial charge on any atom is -0.379 e. The summed E-state index contributed by atoms with van der Waals surface area (Å²) >= 11 is 0. The predicted octanol–water partition coefficient (Wildman–Crippen LogP) is 4.46. The summed E-state index contributed by atoms with van der Waals surface area (Å²) in [6, 6.07) is 25.4. The standard InChI is InChI=1S/C26H25N3O3S/c30-33(31,29-14-16-32-17-15-29)24-12-10-23(11-13-24)27-18-22-20-28(19-21-6-2-1-3-7-21)26-9-5-4-8-25(22)26/h1-13,18,20H,14-17,19H2. The van der Waals surface area contributed by atoms with Gasteiger partial charge >= 0.3 is 0 Å². The van der Waals surface area contributed by atoms with E-state index in [9.17, 15) is 8.42 Å². The van der Waals surface area contributed by atoms with E-state index >= 15 is 0 Å². The van der Waals surface area contributed by atoms with Crippen LogP contribution < -0.4 is 0 Å². The summed E-state index contributed by atoms with van der Waals surface area (Å²) in [4.78, 5) is 4.90. The van der Waals surface area contributed by atoms with E-state index in [-0.39, 0.29) is 4.90 Å². The van der Waals surface area contributed by atoms with Crippen LogP contribution in [0.2, 0.25) is 0 Å². The Kier molecular flexibility index (Phi) is 6.09. The SMILES string of the molecule is O=S(=O)(c1ccc(N=Cc2cn(Cc3ccccc3)c3ccccc23)cc1)N1CCOCC1. The van der Waals surface area contributed by atoms with E-state index in [0.717, 1.165) is 23.0 Å². The summed E-state index contributed by atoms with van der Waals surface area (Å²) in [7, 11) is -3.50. The Labute approximate surface area is 193 Å². The molecule has 1 aromatic heterocycles. The Balaban J connectivity index is 1.39. The normalized spacial score (nSPS) is 15.4. The van der Waals surface area contributed by atoms with E-state index in [4.69, 9.17) is 4.74 Å². The molecule has 1 saturated heterocycles. The number of aliphatic imine (C=N–C) groups is 1. The number of sulfonamides is 1. The first-order chi connectivity index (χ1) is 16.1. The van der Waals surface area contributed by atoms with Gasteiger partial charge in [0.15, 0.2) is 0 Å². The van der Waals surface area contributed by atoms with Gasteiger partial charge in [-0.15, -0.1) is 0 Å². The first-order valence-corrected chi connectivity index (χ1v) is 12.4. The number of morpholine rings is 1. The minimum absolute atomic E-state index is 0.280. The van der Waals surface area contributed by atoms with Gasteiger partial charge in [0.05, 0.1) is 23.8 Å². The number of aromatic nitrogens is 1. The van der Waals surface area contributed by atoms with Crippen LogP contribution in [-0.2, 0) is 21.3 Å². The third-order valence-electron chi connectivity index (χ3n) is 5.81. The van der Waals surface area contributed by atoms with Gasteiger partial charge in [0.1, 0.15) is 0 Å². The van der Waals surface area contributed by atoms with Gasteiger partial charge < -0.3 is 9.30 Å². The Morgan fingerprint density at radius 3 is 2.33 bits per heavy atom. The van der Waals surface area contributed by atoms with Gasteiger partial charge in [-0.3, -0.25) is 4.99 Å². The van der Waals surface area contributed by atoms with Crippen LogP contribution in [0.15, 0.2) is 94.9 Å². The molecule has 0 N–H and O–H groups in total. The summed E-state index contributed by atoms with van der Waals surface area (Å²) in [6.07, 6.45) is 3.95. The molecule has 0 amide bonds. The van der Waals surface area contributed by atoms with Gasteiger partial charge in [0, 0.05) is 48.5 Å². The van der Waals surface area contributed by atoms with Crippen molar-refractivity contribution in [1.29, 1.82) is 0 Å². The molecule has 2 heterocycles. The molecule has 3 aromatic carbocycles. The van der Waals surface area contributed by atoms with Crippen molar-refractivity contribution in [3.8, 4) is 0 Å². The topological polar surface area (TPSA) is 63.9 Å². The summed E-state index contributed by atoms with van der Waals surface area (Å²) in [5, 5.41) is 1.13. The molecule has 0 aliphatic carbocycles. The van der Waals surface area contributed by atoms with Crippen molar-refractivity contribution in [1.82, 2.24) is 8.87 Å². The van der Waals surface area contributed by atoms with Crippen molar-refractivity contribution in [3.05, 3.63) is 96.2 Å². The number of rotatable bonds is 6. The molecular weight excluding hydrogens is 434 g/mol. The highest BCUT2D eigenvalue weighted by molar-refractivity contribution is 7.89. The number of ether oxygens (including phenoxy) is 1. The monoisotopic (exact) mass is 459 g/mol. The molecule has 0 spiro atoms. The summed E-state index contributed by atoms with van der Waals surface area (Å²) in [5.41, 5.74) is 4.11. The molecule has 4 aromatic rings. The van der Waals surface area contributed by atoms with Crippen molar-refractivity contribution >= 4 is 32.8 Å². The van der Waals surface area contributed by atoms with E-state index in [1.165, 1.54) is 9.87 Å². The predicted molar refractivity (Wildman–Crippen MR) is 131 cm³/mol. The van der Waals surface area contributed by atoms with Gasteiger partial charge in [0.2, 0.25) is 10.0 Å². The maximum atomic E-state index is 12.8. The molecule has 5 rings (SSSR count). The zero-order chi connectivity index (χ0) is 22.7. The maximum Gasteiger partial charge on any atom is 0.243 e. The Bertz CT molecular complexity index is 1370. The van der Waals surface area contributed by atoms with Crippen molar-refractivity contribution in [2.75, 3.05) is 26.3 Å². The van der Waals surface area contributed by atoms with Crippen LogP contribution in [0.3, 0.4) is 0 Å². The molecule has 0 saturated carbocycles. The largest absolute Gasteiger partial charge is 0.379 e.